The Morgan fingerprint density at radius 3 is 3.05 bits per heavy atom. The van der Waals surface area contributed by atoms with E-state index >= 15 is 0 Å². The van der Waals surface area contributed by atoms with Crippen molar-refractivity contribution in [3.05, 3.63) is 23.8 Å². The van der Waals surface area contributed by atoms with Crippen molar-refractivity contribution < 1.29 is 5.11 Å². The van der Waals surface area contributed by atoms with Gasteiger partial charge in [-0.1, -0.05) is 19.8 Å². The second kappa shape index (κ2) is 5.50. The molecule has 1 aliphatic rings. The van der Waals surface area contributed by atoms with Gasteiger partial charge in [-0.05, 0) is 37.0 Å². The second-order valence-corrected chi connectivity index (χ2v) is 5.70. The van der Waals surface area contributed by atoms with Gasteiger partial charge in [0.2, 0.25) is 0 Å². The maximum Gasteiger partial charge on any atom is 0.101 e. The van der Waals surface area contributed by atoms with Gasteiger partial charge in [-0.2, -0.15) is 5.26 Å². The molecule has 1 aliphatic carbocycles. The van der Waals surface area contributed by atoms with Gasteiger partial charge >= 0.3 is 0 Å². The van der Waals surface area contributed by atoms with Crippen LogP contribution in [-0.2, 0) is 0 Å². The quantitative estimate of drug-likeness (QED) is 0.728. The standard InChI is InChI=1S/C15H21N3O/c1-11-3-2-6-15(19,8-11)10-18-14-5-4-13(17)7-12(14)9-16/h4-5,7,11,18-19H,2-3,6,8,10,17H2,1H3. The van der Waals surface area contributed by atoms with E-state index in [1.807, 2.05) is 0 Å². The van der Waals surface area contributed by atoms with Crippen molar-refractivity contribution in [1.29, 1.82) is 5.26 Å². The molecule has 102 valence electrons. The summed E-state index contributed by atoms with van der Waals surface area (Å²) >= 11 is 0. The Hall–Kier alpha value is -1.73. The Kier molecular flexibility index (Phi) is 3.96. The van der Waals surface area contributed by atoms with Gasteiger partial charge in [-0.25, -0.2) is 0 Å². The van der Waals surface area contributed by atoms with E-state index in [4.69, 9.17) is 11.0 Å². The Bertz CT molecular complexity index is 495. The maximum absolute atomic E-state index is 10.6. The zero-order valence-electron chi connectivity index (χ0n) is 11.3. The predicted octanol–water partition coefficient (Wildman–Crippen LogP) is 2.49. The first-order chi connectivity index (χ1) is 9.02. The van der Waals surface area contributed by atoms with Crippen LogP contribution in [-0.4, -0.2) is 17.3 Å². The van der Waals surface area contributed by atoms with Crippen LogP contribution in [0, 0.1) is 17.2 Å². The summed E-state index contributed by atoms with van der Waals surface area (Å²) in [5, 5.41) is 22.8. The number of nitrogens with one attached hydrogen (secondary N) is 1. The van der Waals surface area contributed by atoms with Gasteiger partial charge in [0.05, 0.1) is 16.9 Å². The SMILES string of the molecule is CC1CCCC(O)(CNc2ccc(N)cc2C#N)C1. The molecule has 0 bridgehead atoms. The van der Waals surface area contributed by atoms with Crippen LogP contribution in [0.5, 0.6) is 0 Å². The summed E-state index contributed by atoms with van der Waals surface area (Å²) in [6.07, 6.45) is 3.89. The van der Waals surface area contributed by atoms with Crippen LogP contribution in [0.25, 0.3) is 0 Å². The predicted molar refractivity (Wildman–Crippen MR) is 76.6 cm³/mol. The summed E-state index contributed by atoms with van der Waals surface area (Å²) in [6, 6.07) is 7.33. The number of nitriles is 1. The molecule has 4 nitrogen and oxygen atoms in total. The molecule has 1 fully saturated rings. The molecule has 2 unspecified atom stereocenters. The number of nitrogens with two attached hydrogens (primary N) is 1. The molecular formula is C15H21N3O. The van der Waals surface area contributed by atoms with E-state index in [0.29, 0.717) is 23.7 Å². The lowest BCUT2D eigenvalue weighted by Gasteiger charge is -2.36. The molecule has 0 aromatic heterocycles. The first kappa shape index (κ1) is 13.7. The molecule has 19 heavy (non-hydrogen) atoms. The third-order valence-corrected chi connectivity index (χ3v) is 3.84. The minimum Gasteiger partial charge on any atom is -0.399 e. The summed E-state index contributed by atoms with van der Waals surface area (Å²) in [4.78, 5) is 0. The number of hydrogen-bond acceptors (Lipinski definition) is 4. The van der Waals surface area contributed by atoms with Gasteiger partial charge in [0.1, 0.15) is 6.07 Å². The van der Waals surface area contributed by atoms with E-state index in [0.717, 1.165) is 24.9 Å². The number of nitrogen functional groups attached to an aromatic ring is 1. The second-order valence-electron chi connectivity index (χ2n) is 5.70. The Morgan fingerprint density at radius 2 is 2.37 bits per heavy atom. The first-order valence-corrected chi connectivity index (χ1v) is 6.78. The molecule has 0 aliphatic heterocycles. The van der Waals surface area contributed by atoms with Crippen LogP contribution in [0.2, 0.25) is 0 Å². The molecule has 0 heterocycles. The zero-order chi connectivity index (χ0) is 13.9. The lowest BCUT2D eigenvalue weighted by atomic mass is 9.79. The van der Waals surface area contributed by atoms with Gasteiger partial charge in [0, 0.05) is 12.2 Å². The molecule has 0 radical (unpaired) electrons. The third kappa shape index (κ3) is 3.39. The average molecular weight is 259 g/mol. The number of benzene rings is 1. The molecule has 0 spiro atoms. The van der Waals surface area contributed by atoms with Gasteiger partial charge in [0.15, 0.2) is 0 Å². The number of hydrogen-bond donors (Lipinski definition) is 3. The summed E-state index contributed by atoms with van der Waals surface area (Å²) in [5.74, 6) is 0.558. The van der Waals surface area contributed by atoms with Crippen molar-refractivity contribution in [2.24, 2.45) is 5.92 Å². The molecule has 4 N–H and O–H groups in total. The fourth-order valence-electron chi connectivity index (χ4n) is 2.86. The fourth-order valence-corrected chi connectivity index (χ4v) is 2.86. The number of anilines is 2. The van der Waals surface area contributed by atoms with Crippen LogP contribution in [0.3, 0.4) is 0 Å². The van der Waals surface area contributed by atoms with Crippen molar-refractivity contribution in [2.45, 2.75) is 38.2 Å². The normalized spacial score (nSPS) is 26.7. The lowest BCUT2D eigenvalue weighted by molar-refractivity contribution is -0.000762. The molecule has 1 aromatic carbocycles. The van der Waals surface area contributed by atoms with E-state index in [1.54, 1.807) is 18.2 Å². The number of aliphatic hydroxyl groups is 1. The molecule has 1 aromatic rings. The monoisotopic (exact) mass is 259 g/mol. The van der Waals surface area contributed by atoms with E-state index in [9.17, 15) is 5.11 Å². The zero-order valence-corrected chi connectivity index (χ0v) is 11.3. The van der Waals surface area contributed by atoms with Crippen molar-refractivity contribution in [3.8, 4) is 6.07 Å². The minimum atomic E-state index is -0.661. The van der Waals surface area contributed by atoms with Crippen LogP contribution in [0.1, 0.15) is 38.2 Å². The van der Waals surface area contributed by atoms with Crippen molar-refractivity contribution in [2.75, 3.05) is 17.6 Å². The van der Waals surface area contributed by atoms with E-state index in [1.165, 1.54) is 6.42 Å². The summed E-state index contributed by atoms with van der Waals surface area (Å²) < 4.78 is 0. The van der Waals surface area contributed by atoms with Crippen molar-refractivity contribution in [1.82, 2.24) is 0 Å². The summed E-state index contributed by atoms with van der Waals surface area (Å²) in [7, 11) is 0. The first-order valence-electron chi connectivity index (χ1n) is 6.78. The van der Waals surface area contributed by atoms with Gasteiger partial charge in [-0.3, -0.25) is 0 Å². The molecule has 2 rings (SSSR count). The maximum atomic E-state index is 10.6. The van der Waals surface area contributed by atoms with Crippen LogP contribution >= 0.6 is 0 Å². The molecule has 0 amide bonds. The topological polar surface area (TPSA) is 82.1 Å². The molecule has 0 saturated heterocycles. The highest BCUT2D eigenvalue weighted by atomic mass is 16.3. The third-order valence-electron chi connectivity index (χ3n) is 3.84. The Morgan fingerprint density at radius 1 is 1.58 bits per heavy atom. The smallest absolute Gasteiger partial charge is 0.101 e. The van der Waals surface area contributed by atoms with E-state index in [-0.39, 0.29) is 0 Å². The van der Waals surface area contributed by atoms with E-state index < -0.39 is 5.60 Å². The molecule has 4 heteroatoms. The average Bonchev–Trinajstić information content (AvgIpc) is 2.37. The Balaban J connectivity index is 2.04. The van der Waals surface area contributed by atoms with Crippen molar-refractivity contribution >= 4 is 11.4 Å². The minimum absolute atomic E-state index is 0.482. The number of rotatable bonds is 3. The fraction of sp³-hybridized carbons (Fsp3) is 0.533. The summed E-state index contributed by atoms with van der Waals surface area (Å²) in [6.45, 7) is 2.66. The summed E-state index contributed by atoms with van der Waals surface area (Å²) in [5.41, 5.74) is 6.83. The molecule has 2 atom stereocenters. The van der Waals surface area contributed by atoms with E-state index in [2.05, 4.69) is 18.3 Å². The highest BCUT2D eigenvalue weighted by Crippen LogP contribution is 2.32. The van der Waals surface area contributed by atoms with Crippen LogP contribution in [0.15, 0.2) is 18.2 Å². The highest BCUT2D eigenvalue weighted by molar-refractivity contribution is 5.63. The lowest BCUT2D eigenvalue weighted by Crippen LogP contribution is -2.41. The van der Waals surface area contributed by atoms with Gasteiger partial charge in [-0.15, -0.1) is 0 Å². The van der Waals surface area contributed by atoms with Crippen LogP contribution < -0.4 is 11.1 Å². The van der Waals surface area contributed by atoms with Gasteiger partial charge in [0.25, 0.3) is 0 Å². The molecular weight excluding hydrogens is 238 g/mol. The van der Waals surface area contributed by atoms with Crippen molar-refractivity contribution in [3.63, 3.8) is 0 Å². The Labute approximate surface area is 114 Å². The van der Waals surface area contributed by atoms with Crippen LogP contribution in [0.4, 0.5) is 11.4 Å². The largest absolute Gasteiger partial charge is 0.399 e. The molecule has 1 saturated carbocycles. The highest BCUT2D eigenvalue weighted by Gasteiger charge is 2.32. The van der Waals surface area contributed by atoms with Gasteiger partial charge < -0.3 is 16.2 Å². The number of nitrogens with zero attached hydrogens (tertiary/aromatic N) is 1.